The van der Waals surface area contributed by atoms with Gasteiger partial charge in [-0.05, 0) is 30.7 Å². The Hall–Kier alpha value is -1.70. The Bertz CT molecular complexity index is 625. The fraction of sp³-hybridized carbons (Fsp3) is 0.438. The number of rotatable bonds is 4. The van der Waals surface area contributed by atoms with Gasteiger partial charge < -0.3 is 9.80 Å². The lowest BCUT2D eigenvalue weighted by molar-refractivity contribution is -0.126. The average molecular weight is 362 g/mol. The largest absolute Gasteiger partial charge is 0.398 e. The highest BCUT2D eigenvalue weighted by Gasteiger charge is 2.28. The molecule has 0 unspecified atom stereocenters. The van der Waals surface area contributed by atoms with Gasteiger partial charge in [0.15, 0.2) is 0 Å². The quantitative estimate of drug-likeness (QED) is 0.464. The molecule has 0 radical (unpaired) electrons. The van der Waals surface area contributed by atoms with Crippen LogP contribution in [0.3, 0.4) is 0 Å². The summed E-state index contributed by atoms with van der Waals surface area (Å²) < 4.78 is 51.5. The lowest BCUT2D eigenvalue weighted by atomic mass is 10.2. The maximum Gasteiger partial charge on any atom is 0.398 e. The minimum absolute atomic E-state index is 0.180. The molecule has 0 saturated carbocycles. The lowest BCUT2D eigenvalue weighted by Crippen LogP contribution is -2.48. The molecule has 0 spiro atoms. The Morgan fingerprint density at radius 3 is 2.46 bits per heavy atom. The van der Waals surface area contributed by atoms with Crippen molar-refractivity contribution >= 4 is 23.4 Å². The Kier molecular flexibility index (Phi) is 5.79. The molecule has 0 aromatic heterocycles. The fourth-order valence-electron chi connectivity index (χ4n) is 2.50. The van der Waals surface area contributed by atoms with Crippen molar-refractivity contribution in [3.8, 4) is 0 Å². The molecule has 3 nitrogen and oxygen atoms in total. The topological polar surface area (TPSA) is 23.6 Å². The van der Waals surface area contributed by atoms with E-state index in [0.717, 1.165) is 0 Å². The molecule has 0 N–H and O–H groups in total. The molecule has 1 aromatic carbocycles. The van der Waals surface area contributed by atoms with Crippen LogP contribution < -0.4 is 4.90 Å². The minimum atomic E-state index is -4.28. The van der Waals surface area contributed by atoms with Crippen LogP contribution in [0.2, 0.25) is 0 Å². The average Bonchev–Trinajstić information content (AvgIpc) is 2.52. The van der Waals surface area contributed by atoms with Crippen molar-refractivity contribution in [3.63, 3.8) is 0 Å². The summed E-state index contributed by atoms with van der Waals surface area (Å²) in [5.41, 5.74) is 0.752. The van der Waals surface area contributed by atoms with E-state index in [1.165, 1.54) is 18.2 Å². The van der Waals surface area contributed by atoms with Crippen molar-refractivity contribution in [2.75, 3.05) is 36.8 Å². The van der Waals surface area contributed by atoms with Crippen molar-refractivity contribution in [1.82, 2.24) is 4.90 Å². The molecule has 132 valence electrons. The summed E-state index contributed by atoms with van der Waals surface area (Å²) in [6, 6.07) is 2.72. The molecule has 0 aliphatic carbocycles. The standard InChI is InChI=1S/C16H18F4N2OS/c1-3-15(23)22-6-4-21(5-7-22)13-9-14(11(2)8-12(13)17)24-10-16(18,19)20/h3,8-9H,1,4-7,10H2,2H3. The van der Waals surface area contributed by atoms with Gasteiger partial charge in [0, 0.05) is 31.1 Å². The number of halogens is 4. The Morgan fingerprint density at radius 1 is 1.29 bits per heavy atom. The van der Waals surface area contributed by atoms with Crippen LogP contribution in [0.5, 0.6) is 0 Å². The summed E-state index contributed by atoms with van der Waals surface area (Å²) in [4.78, 5) is 15.3. The Balaban J connectivity index is 2.13. The monoisotopic (exact) mass is 362 g/mol. The smallest absolute Gasteiger partial charge is 0.366 e. The van der Waals surface area contributed by atoms with E-state index in [9.17, 15) is 22.4 Å². The molecule has 1 saturated heterocycles. The van der Waals surface area contributed by atoms with Gasteiger partial charge in [0.25, 0.3) is 0 Å². The zero-order valence-corrected chi connectivity index (χ0v) is 14.0. The van der Waals surface area contributed by atoms with E-state index in [1.54, 1.807) is 16.7 Å². The first-order chi connectivity index (χ1) is 11.2. The van der Waals surface area contributed by atoms with Gasteiger partial charge in [-0.3, -0.25) is 4.79 Å². The normalized spacial score (nSPS) is 15.5. The van der Waals surface area contributed by atoms with Crippen LogP contribution in [0.15, 0.2) is 29.7 Å². The van der Waals surface area contributed by atoms with Crippen molar-refractivity contribution in [3.05, 3.63) is 36.2 Å². The molecule has 1 aliphatic heterocycles. The first-order valence-electron chi connectivity index (χ1n) is 7.37. The van der Waals surface area contributed by atoms with Gasteiger partial charge in [-0.2, -0.15) is 13.2 Å². The molecule has 0 atom stereocenters. The van der Waals surface area contributed by atoms with E-state index in [0.29, 0.717) is 48.4 Å². The van der Waals surface area contributed by atoms with Crippen LogP contribution in [-0.4, -0.2) is 48.9 Å². The van der Waals surface area contributed by atoms with Crippen LogP contribution in [0.4, 0.5) is 23.2 Å². The second kappa shape index (κ2) is 7.46. The number of hydrogen-bond acceptors (Lipinski definition) is 3. The van der Waals surface area contributed by atoms with Gasteiger partial charge in [-0.1, -0.05) is 6.58 Å². The summed E-state index contributed by atoms with van der Waals surface area (Å²) in [7, 11) is 0. The highest BCUT2D eigenvalue weighted by atomic mass is 32.2. The zero-order valence-electron chi connectivity index (χ0n) is 13.2. The number of aryl methyl sites for hydroxylation is 1. The maximum absolute atomic E-state index is 14.2. The number of piperazine rings is 1. The minimum Gasteiger partial charge on any atom is -0.366 e. The van der Waals surface area contributed by atoms with Gasteiger partial charge >= 0.3 is 6.18 Å². The van der Waals surface area contributed by atoms with Crippen LogP contribution in [0.25, 0.3) is 0 Å². The molecule has 1 fully saturated rings. The van der Waals surface area contributed by atoms with Crippen molar-refractivity contribution in [2.24, 2.45) is 0 Å². The second-order valence-electron chi connectivity index (χ2n) is 5.49. The van der Waals surface area contributed by atoms with E-state index >= 15 is 0 Å². The van der Waals surface area contributed by atoms with Crippen molar-refractivity contribution < 1.29 is 22.4 Å². The van der Waals surface area contributed by atoms with Gasteiger partial charge in [0.05, 0.1) is 11.4 Å². The predicted molar refractivity (Wildman–Crippen MR) is 86.9 cm³/mol. The van der Waals surface area contributed by atoms with E-state index in [2.05, 4.69) is 6.58 Å². The molecular weight excluding hydrogens is 344 g/mol. The molecule has 24 heavy (non-hydrogen) atoms. The van der Waals surface area contributed by atoms with Crippen LogP contribution in [0.1, 0.15) is 5.56 Å². The molecule has 8 heteroatoms. The first-order valence-corrected chi connectivity index (χ1v) is 8.36. The highest BCUT2D eigenvalue weighted by Crippen LogP contribution is 2.34. The van der Waals surface area contributed by atoms with E-state index in [-0.39, 0.29) is 11.6 Å². The number of carbonyl (C=O) groups is 1. The van der Waals surface area contributed by atoms with E-state index in [1.807, 2.05) is 0 Å². The molecule has 1 aliphatic rings. The van der Waals surface area contributed by atoms with Gasteiger partial charge in [-0.25, -0.2) is 4.39 Å². The molecular formula is C16H18F4N2OS. The third kappa shape index (κ3) is 4.66. The summed E-state index contributed by atoms with van der Waals surface area (Å²) in [6.07, 6.45) is -3.05. The summed E-state index contributed by atoms with van der Waals surface area (Å²) in [5.74, 6) is -1.66. The van der Waals surface area contributed by atoms with Crippen LogP contribution in [-0.2, 0) is 4.79 Å². The predicted octanol–water partition coefficient (Wildman–Crippen LogP) is 3.62. The SMILES string of the molecule is C=CC(=O)N1CCN(c2cc(SCC(F)(F)F)c(C)cc2F)CC1. The molecule has 0 bridgehead atoms. The number of nitrogens with zero attached hydrogens (tertiary/aromatic N) is 2. The van der Waals surface area contributed by atoms with Crippen molar-refractivity contribution in [1.29, 1.82) is 0 Å². The highest BCUT2D eigenvalue weighted by molar-refractivity contribution is 7.99. The Morgan fingerprint density at radius 2 is 1.92 bits per heavy atom. The third-order valence-electron chi connectivity index (χ3n) is 3.74. The van der Waals surface area contributed by atoms with Crippen LogP contribution in [0, 0.1) is 12.7 Å². The zero-order chi connectivity index (χ0) is 17.9. The summed E-state index contributed by atoms with van der Waals surface area (Å²) in [5, 5.41) is 0. The molecule has 1 heterocycles. The van der Waals surface area contributed by atoms with Gasteiger partial charge in [0.2, 0.25) is 5.91 Å². The first kappa shape index (κ1) is 18.6. The second-order valence-corrected chi connectivity index (χ2v) is 6.51. The fourth-order valence-corrected chi connectivity index (χ4v) is 3.30. The number of thioether (sulfide) groups is 1. The van der Waals surface area contributed by atoms with Crippen LogP contribution >= 0.6 is 11.8 Å². The summed E-state index contributed by atoms with van der Waals surface area (Å²) in [6.45, 7) is 6.70. The number of amides is 1. The number of hydrogen-bond donors (Lipinski definition) is 0. The Labute approximate surface area is 142 Å². The number of anilines is 1. The number of benzene rings is 1. The maximum atomic E-state index is 14.2. The van der Waals surface area contributed by atoms with E-state index < -0.39 is 17.7 Å². The molecule has 2 rings (SSSR count). The molecule has 1 amide bonds. The van der Waals surface area contributed by atoms with Crippen molar-refractivity contribution in [2.45, 2.75) is 18.0 Å². The summed E-state index contributed by atoms with van der Waals surface area (Å²) >= 11 is 0.654. The van der Waals surface area contributed by atoms with E-state index in [4.69, 9.17) is 0 Å². The number of alkyl halides is 3. The lowest BCUT2D eigenvalue weighted by Gasteiger charge is -2.36. The van der Waals surface area contributed by atoms with Gasteiger partial charge in [-0.15, -0.1) is 11.8 Å². The number of carbonyl (C=O) groups excluding carboxylic acids is 1. The third-order valence-corrected chi connectivity index (χ3v) is 4.96. The molecule has 1 aromatic rings. The van der Waals surface area contributed by atoms with Gasteiger partial charge in [0.1, 0.15) is 5.82 Å².